The summed E-state index contributed by atoms with van der Waals surface area (Å²) in [6.45, 7) is 2.13. The van der Waals surface area contributed by atoms with Crippen LogP contribution < -0.4 is 10.6 Å². The van der Waals surface area contributed by atoms with Crippen LogP contribution in [0.15, 0.2) is 54.6 Å². The van der Waals surface area contributed by atoms with Gasteiger partial charge >= 0.3 is 0 Å². The lowest BCUT2D eigenvalue weighted by Gasteiger charge is -2.21. The molecule has 0 amide bonds. The van der Waals surface area contributed by atoms with E-state index < -0.39 is 0 Å². The lowest BCUT2D eigenvalue weighted by atomic mass is 10.0. The van der Waals surface area contributed by atoms with Gasteiger partial charge in [-0.05, 0) is 36.3 Å². The zero-order valence-electron chi connectivity index (χ0n) is 12.0. The van der Waals surface area contributed by atoms with Crippen molar-refractivity contribution in [3.63, 3.8) is 0 Å². The van der Waals surface area contributed by atoms with Gasteiger partial charge in [-0.3, -0.25) is 0 Å². The first-order chi connectivity index (χ1) is 10.2. The number of hydrogen-bond donors (Lipinski definition) is 2. The van der Waals surface area contributed by atoms with E-state index in [1.165, 1.54) is 11.6 Å². The van der Waals surface area contributed by atoms with E-state index in [0.29, 0.717) is 10.8 Å². The average Bonchev–Trinajstić information content (AvgIpc) is 2.50. The molecular formula is C17H19FN2S. The first kappa shape index (κ1) is 15.4. The Balaban J connectivity index is 2.04. The number of hydrogen-bond acceptors (Lipinski definition) is 1. The van der Waals surface area contributed by atoms with Crippen molar-refractivity contribution >= 4 is 23.0 Å². The number of halogens is 1. The zero-order valence-corrected chi connectivity index (χ0v) is 12.8. The molecule has 2 N–H and O–H groups in total. The van der Waals surface area contributed by atoms with Gasteiger partial charge in [0.05, 0.1) is 11.7 Å². The summed E-state index contributed by atoms with van der Waals surface area (Å²) in [5.41, 5.74) is 1.57. The van der Waals surface area contributed by atoms with Crippen molar-refractivity contribution in [3.05, 3.63) is 66.0 Å². The standard InChI is InChI=1S/C17H19FN2S/c1-2-8-15(13-9-4-3-5-10-13)19-17(21)20-16-12-7-6-11-14(16)18/h3-7,9-12,15H,2,8H2,1H3,(H2,19,20,21)/t15-/m0/s1. The van der Waals surface area contributed by atoms with E-state index in [-0.39, 0.29) is 11.9 Å². The van der Waals surface area contributed by atoms with Gasteiger partial charge in [-0.25, -0.2) is 4.39 Å². The highest BCUT2D eigenvalue weighted by Crippen LogP contribution is 2.19. The number of rotatable bonds is 5. The molecule has 0 aliphatic rings. The van der Waals surface area contributed by atoms with Crippen LogP contribution in [0, 0.1) is 5.82 Å². The van der Waals surface area contributed by atoms with E-state index in [2.05, 4.69) is 29.7 Å². The van der Waals surface area contributed by atoms with Gasteiger partial charge < -0.3 is 10.6 Å². The molecule has 2 aromatic carbocycles. The molecule has 0 spiro atoms. The first-order valence-electron chi connectivity index (χ1n) is 7.07. The normalized spacial score (nSPS) is 11.7. The first-order valence-corrected chi connectivity index (χ1v) is 7.48. The van der Waals surface area contributed by atoms with E-state index in [4.69, 9.17) is 12.2 Å². The lowest BCUT2D eigenvalue weighted by Crippen LogP contribution is -2.32. The third-order valence-corrected chi connectivity index (χ3v) is 3.43. The average molecular weight is 302 g/mol. The number of para-hydroxylation sites is 1. The molecule has 4 heteroatoms. The smallest absolute Gasteiger partial charge is 0.171 e. The van der Waals surface area contributed by atoms with Crippen molar-refractivity contribution in [1.29, 1.82) is 0 Å². The molecular weight excluding hydrogens is 283 g/mol. The van der Waals surface area contributed by atoms with Crippen LogP contribution in [0.5, 0.6) is 0 Å². The fourth-order valence-electron chi connectivity index (χ4n) is 2.18. The number of anilines is 1. The van der Waals surface area contributed by atoms with Crippen LogP contribution in [0.4, 0.5) is 10.1 Å². The largest absolute Gasteiger partial charge is 0.356 e. The summed E-state index contributed by atoms with van der Waals surface area (Å²) >= 11 is 5.30. The molecule has 0 aromatic heterocycles. The fourth-order valence-corrected chi connectivity index (χ4v) is 2.43. The molecule has 0 radical (unpaired) electrons. The summed E-state index contributed by atoms with van der Waals surface area (Å²) in [5.74, 6) is -0.312. The van der Waals surface area contributed by atoms with E-state index in [9.17, 15) is 4.39 Å². The number of thiocarbonyl (C=S) groups is 1. The van der Waals surface area contributed by atoms with Crippen molar-refractivity contribution < 1.29 is 4.39 Å². The summed E-state index contributed by atoms with van der Waals surface area (Å²) in [5, 5.41) is 6.61. The Kier molecular flexibility index (Phi) is 5.69. The molecule has 0 fully saturated rings. The molecule has 0 aliphatic heterocycles. The highest BCUT2D eigenvalue weighted by Gasteiger charge is 2.12. The Hall–Kier alpha value is -1.94. The molecule has 2 nitrogen and oxygen atoms in total. The van der Waals surface area contributed by atoms with Crippen LogP contribution in [0.1, 0.15) is 31.4 Å². The van der Waals surface area contributed by atoms with Gasteiger partial charge in [-0.15, -0.1) is 0 Å². The summed E-state index contributed by atoms with van der Waals surface area (Å²) in [4.78, 5) is 0. The van der Waals surface area contributed by atoms with Crippen LogP contribution in [-0.4, -0.2) is 5.11 Å². The van der Waals surface area contributed by atoms with Gasteiger partial charge in [0.25, 0.3) is 0 Å². The third-order valence-electron chi connectivity index (χ3n) is 3.21. The minimum Gasteiger partial charge on any atom is -0.356 e. The van der Waals surface area contributed by atoms with Crippen LogP contribution >= 0.6 is 12.2 Å². The summed E-state index contributed by atoms with van der Waals surface area (Å²) in [6.07, 6.45) is 2.00. The molecule has 0 saturated heterocycles. The third kappa shape index (κ3) is 4.53. The van der Waals surface area contributed by atoms with Crippen LogP contribution in [0.3, 0.4) is 0 Å². The second kappa shape index (κ2) is 7.74. The van der Waals surface area contributed by atoms with Crippen molar-refractivity contribution in [2.75, 3.05) is 5.32 Å². The van der Waals surface area contributed by atoms with Gasteiger partial charge in [0.2, 0.25) is 0 Å². The highest BCUT2D eigenvalue weighted by atomic mass is 32.1. The maximum Gasteiger partial charge on any atom is 0.171 e. The van der Waals surface area contributed by atoms with E-state index in [0.717, 1.165) is 12.8 Å². The molecule has 1 atom stereocenters. The molecule has 2 rings (SSSR count). The maximum absolute atomic E-state index is 13.6. The monoisotopic (exact) mass is 302 g/mol. The molecule has 2 aromatic rings. The number of nitrogens with one attached hydrogen (secondary N) is 2. The van der Waals surface area contributed by atoms with Gasteiger partial charge in [0.1, 0.15) is 5.82 Å². The minimum absolute atomic E-state index is 0.128. The van der Waals surface area contributed by atoms with Crippen molar-refractivity contribution in [1.82, 2.24) is 5.32 Å². The second-order valence-corrected chi connectivity index (χ2v) is 5.24. The topological polar surface area (TPSA) is 24.1 Å². The minimum atomic E-state index is -0.312. The van der Waals surface area contributed by atoms with E-state index in [1.807, 2.05) is 18.2 Å². The Labute approximate surface area is 130 Å². The molecule has 0 unspecified atom stereocenters. The Morgan fingerprint density at radius 2 is 1.76 bits per heavy atom. The van der Waals surface area contributed by atoms with E-state index in [1.54, 1.807) is 18.2 Å². The SMILES string of the molecule is CCC[C@H](NC(=S)Nc1ccccc1F)c1ccccc1. The maximum atomic E-state index is 13.6. The van der Waals surface area contributed by atoms with Gasteiger partial charge in [-0.2, -0.15) is 0 Å². The number of benzene rings is 2. The van der Waals surface area contributed by atoms with Gasteiger partial charge in [-0.1, -0.05) is 55.8 Å². The molecule has 0 heterocycles. The predicted octanol–water partition coefficient (Wildman–Crippen LogP) is 4.65. The molecule has 110 valence electrons. The second-order valence-electron chi connectivity index (χ2n) is 4.83. The Morgan fingerprint density at radius 3 is 2.43 bits per heavy atom. The molecule has 0 bridgehead atoms. The summed E-state index contributed by atoms with van der Waals surface area (Å²) < 4.78 is 13.6. The lowest BCUT2D eigenvalue weighted by molar-refractivity contribution is 0.583. The zero-order chi connectivity index (χ0) is 15.1. The molecule has 0 saturated carbocycles. The molecule has 0 aliphatic carbocycles. The van der Waals surface area contributed by atoms with Gasteiger partial charge in [0.15, 0.2) is 5.11 Å². The quantitative estimate of drug-likeness (QED) is 0.786. The Bertz CT molecular complexity index is 586. The highest BCUT2D eigenvalue weighted by molar-refractivity contribution is 7.80. The van der Waals surface area contributed by atoms with Crippen molar-refractivity contribution in [2.24, 2.45) is 0 Å². The fraction of sp³-hybridized carbons (Fsp3) is 0.235. The molecule has 21 heavy (non-hydrogen) atoms. The van der Waals surface area contributed by atoms with Crippen LogP contribution in [-0.2, 0) is 0 Å². The van der Waals surface area contributed by atoms with Crippen molar-refractivity contribution in [3.8, 4) is 0 Å². The van der Waals surface area contributed by atoms with Gasteiger partial charge in [0, 0.05) is 0 Å². The predicted molar refractivity (Wildman–Crippen MR) is 89.8 cm³/mol. The summed E-state index contributed by atoms with van der Waals surface area (Å²) in [6, 6.07) is 16.8. The van der Waals surface area contributed by atoms with Crippen molar-refractivity contribution in [2.45, 2.75) is 25.8 Å². The van der Waals surface area contributed by atoms with Crippen LogP contribution in [0.2, 0.25) is 0 Å². The van der Waals surface area contributed by atoms with Crippen LogP contribution in [0.25, 0.3) is 0 Å². The Morgan fingerprint density at radius 1 is 1.10 bits per heavy atom. The van der Waals surface area contributed by atoms with E-state index >= 15 is 0 Å². The summed E-state index contributed by atoms with van der Waals surface area (Å²) in [7, 11) is 0.